The summed E-state index contributed by atoms with van der Waals surface area (Å²) in [4.78, 5) is 0. The van der Waals surface area contributed by atoms with Crippen molar-refractivity contribution in [2.24, 2.45) is 0 Å². The van der Waals surface area contributed by atoms with Gasteiger partial charge in [-0.05, 0) is 88.8 Å². The molecule has 50 heavy (non-hydrogen) atoms. The fraction of sp³-hybridized carbons (Fsp3) is 0.0417. The number of rotatable bonds is 5. The zero-order valence-corrected chi connectivity index (χ0v) is 27.6. The minimum absolute atomic E-state index is 0.257. The van der Waals surface area contributed by atoms with Crippen LogP contribution in [0.3, 0.4) is 0 Å². The van der Waals surface area contributed by atoms with Crippen LogP contribution in [0.1, 0.15) is 17.9 Å². The first-order valence-corrected chi connectivity index (χ1v) is 17.5. The van der Waals surface area contributed by atoms with Crippen LogP contribution in [0.4, 0.5) is 0 Å². The topological polar surface area (TPSA) is 9.86 Å². The summed E-state index contributed by atoms with van der Waals surface area (Å²) in [6.07, 6.45) is 7.83. The van der Waals surface area contributed by atoms with E-state index < -0.39 is 0 Å². The summed E-state index contributed by atoms with van der Waals surface area (Å²) in [5, 5.41) is 5.13. The number of hydrogen-bond acceptors (Lipinski definition) is 0. The highest BCUT2D eigenvalue weighted by Gasteiger charge is 2.21. The van der Waals surface area contributed by atoms with Gasteiger partial charge in [0.2, 0.25) is 0 Å². The number of fused-ring (bicyclic) bond motifs is 6. The van der Waals surface area contributed by atoms with Gasteiger partial charge < -0.3 is 9.13 Å². The van der Waals surface area contributed by atoms with Crippen LogP contribution in [0.2, 0.25) is 0 Å². The molecule has 2 heteroatoms. The van der Waals surface area contributed by atoms with Crippen LogP contribution < -0.4 is 0 Å². The van der Waals surface area contributed by atoms with Gasteiger partial charge >= 0.3 is 0 Å². The highest BCUT2D eigenvalue weighted by atomic mass is 15.0. The van der Waals surface area contributed by atoms with Crippen molar-refractivity contribution in [3.63, 3.8) is 0 Å². The minimum Gasteiger partial charge on any atom is -0.313 e. The van der Waals surface area contributed by atoms with Crippen LogP contribution in [0.15, 0.2) is 188 Å². The van der Waals surface area contributed by atoms with Crippen molar-refractivity contribution in [1.29, 1.82) is 0 Å². The molecule has 9 aromatic rings. The Morgan fingerprint density at radius 1 is 0.400 bits per heavy atom. The largest absolute Gasteiger partial charge is 0.313 e. The van der Waals surface area contributed by atoms with Gasteiger partial charge in [0.15, 0.2) is 0 Å². The van der Waals surface area contributed by atoms with E-state index in [1.807, 2.05) is 0 Å². The van der Waals surface area contributed by atoms with Gasteiger partial charge in [-0.2, -0.15) is 0 Å². The van der Waals surface area contributed by atoms with Crippen molar-refractivity contribution in [3.05, 3.63) is 194 Å². The highest BCUT2D eigenvalue weighted by Crippen LogP contribution is 2.40. The third-order valence-electron chi connectivity index (χ3n) is 10.5. The van der Waals surface area contributed by atoms with Crippen LogP contribution in [-0.2, 0) is 0 Å². The Balaban J connectivity index is 1.04. The molecule has 10 rings (SSSR count). The molecule has 0 fully saturated rings. The lowest BCUT2D eigenvalue weighted by Crippen LogP contribution is -2.06. The second-order valence-electron chi connectivity index (χ2n) is 13.3. The molecule has 0 bridgehead atoms. The Bertz CT molecular complexity index is 2780. The van der Waals surface area contributed by atoms with Crippen molar-refractivity contribution >= 4 is 49.3 Å². The van der Waals surface area contributed by atoms with Crippen molar-refractivity contribution in [3.8, 4) is 27.9 Å². The number of allylic oxidation sites excluding steroid dienone is 4. The first kappa shape index (κ1) is 28.6. The third-order valence-corrected chi connectivity index (χ3v) is 10.5. The number of aromatic nitrogens is 2. The number of benzene rings is 7. The number of hydrogen-bond donors (Lipinski definition) is 0. The van der Waals surface area contributed by atoms with E-state index in [0.717, 1.165) is 6.42 Å². The van der Waals surface area contributed by atoms with Gasteiger partial charge in [-0.1, -0.05) is 133 Å². The molecular weight excluding hydrogens is 605 g/mol. The maximum atomic E-state index is 2.48. The van der Waals surface area contributed by atoms with Crippen molar-refractivity contribution in [2.75, 3.05) is 0 Å². The van der Waals surface area contributed by atoms with E-state index in [1.165, 1.54) is 82.8 Å². The summed E-state index contributed by atoms with van der Waals surface area (Å²) >= 11 is 0. The zero-order chi connectivity index (χ0) is 33.0. The first-order chi connectivity index (χ1) is 24.8. The van der Waals surface area contributed by atoms with E-state index in [2.05, 4.69) is 197 Å². The molecule has 0 amide bonds. The Labute approximate surface area is 291 Å². The molecular formula is C48H34N2. The van der Waals surface area contributed by atoms with E-state index in [4.69, 9.17) is 0 Å². The molecule has 2 aromatic heterocycles. The minimum atomic E-state index is 0.257. The van der Waals surface area contributed by atoms with E-state index in [1.54, 1.807) is 0 Å². The summed E-state index contributed by atoms with van der Waals surface area (Å²) in [5.74, 6) is 0.257. The van der Waals surface area contributed by atoms with Crippen molar-refractivity contribution in [2.45, 2.75) is 12.3 Å². The van der Waals surface area contributed by atoms with Crippen LogP contribution in [-0.4, -0.2) is 9.13 Å². The van der Waals surface area contributed by atoms with Crippen LogP contribution >= 0.6 is 0 Å². The van der Waals surface area contributed by atoms with Gasteiger partial charge in [-0.3, -0.25) is 0 Å². The standard InChI is InChI=1S/C48H34N2/c1-3-13-33(14-4-1)37-25-27-47-43(31-37)41-21-7-9-23-45(41)49(47)39-19-11-17-35(29-39)36-18-12-20-40(30-36)50-46-24-10-8-22-42(46)44-32-38(26-28-48(44)50)34-15-5-2-6-16-34/h1-29,31-32,36H,30H2. The van der Waals surface area contributed by atoms with Gasteiger partial charge in [0.25, 0.3) is 0 Å². The molecule has 7 aromatic carbocycles. The second-order valence-corrected chi connectivity index (χ2v) is 13.3. The predicted octanol–water partition coefficient (Wildman–Crippen LogP) is 12.8. The average Bonchev–Trinajstić information content (AvgIpc) is 3.71. The first-order valence-electron chi connectivity index (χ1n) is 17.5. The van der Waals surface area contributed by atoms with Gasteiger partial charge in [0.1, 0.15) is 0 Å². The second kappa shape index (κ2) is 11.6. The molecule has 2 heterocycles. The molecule has 0 saturated carbocycles. The van der Waals surface area contributed by atoms with Gasteiger partial charge in [0.05, 0.1) is 22.1 Å². The summed E-state index contributed by atoms with van der Waals surface area (Å²) in [7, 11) is 0. The average molecular weight is 639 g/mol. The van der Waals surface area contributed by atoms with E-state index in [-0.39, 0.29) is 5.92 Å². The predicted molar refractivity (Wildman–Crippen MR) is 212 cm³/mol. The summed E-state index contributed by atoms with van der Waals surface area (Å²) < 4.78 is 4.92. The molecule has 0 N–H and O–H groups in total. The molecule has 236 valence electrons. The Morgan fingerprint density at radius 3 is 1.58 bits per heavy atom. The Morgan fingerprint density at radius 2 is 0.940 bits per heavy atom. The number of para-hydroxylation sites is 2. The SMILES string of the molecule is C1=CC(c2cccc(-n3c4ccccc4c4cc(-c5ccccc5)ccc43)c2)CC(n2c3ccccc3c3cc(-c4ccccc4)ccc32)=C1. The normalized spacial score (nSPS) is 14.6. The highest BCUT2D eigenvalue weighted by molar-refractivity contribution is 6.12. The monoisotopic (exact) mass is 638 g/mol. The van der Waals surface area contributed by atoms with Crippen molar-refractivity contribution < 1.29 is 0 Å². The maximum absolute atomic E-state index is 2.48. The molecule has 0 spiro atoms. The molecule has 1 atom stereocenters. The lowest BCUT2D eigenvalue weighted by Gasteiger charge is -2.22. The smallest absolute Gasteiger partial charge is 0.0541 e. The van der Waals surface area contributed by atoms with Crippen LogP contribution in [0.25, 0.3) is 77.2 Å². The quantitative estimate of drug-likeness (QED) is 0.178. The number of nitrogens with zero attached hydrogens (tertiary/aromatic N) is 2. The Hall–Kier alpha value is -6.38. The van der Waals surface area contributed by atoms with Crippen molar-refractivity contribution in [1.82, 2.24) is 9.13 Å². The fourth-order valence-corrected chi connectivity index (χ4v) is 8.11. The third kappa shape index (κ3) is 4.64. The van der Waals surface area contributed by atoms with Crippen LogP contribution in [0.5, 0.6) is 0 Å². The van der Waals surface area contributed by atoms with Gasteiger partial charge in [0, 0.05) is 38.8 Å². The molecule has 1 unspecified atom stereocenters. The van der Waals surface area contributed by atoms with Gasteiger partial charge in [-0.15, -0.1) is 0 Å². The lowest BCUT2D eigenvalue weighted by atomic mass is 9.90. The van der Waals surface area contributed by atoms with E-state index in [0.29, 0.717) is 0 Å². The van der Waals surface area contributed by atoms with E-state index >= 15 is 0 Å². The molecule has 0 aliphatic heterocycles. The fourth-order valence-electron chi connectivity index (χ4n) is 8.11. The lowest BCUT2D eigenvalue weighted by molar-refractivity contribution is 0.835. The summed E-state index contributed by atoms with van der Waals surface area (Å²) in [6.45, 7) is 0. The van der Waals surface area contributed by atoms with E-state index in [9.17, 15) is 0 Å². The molecule has 0 saturated heterocycles. The molecule has 2 nitrogen and oxygen atoms in total. The molecule has 0 radical (unpaired) electrons. The van der Waals surface area contributed by atoms with Crippen LogP contribution in [0, 0.1) is 0 Å². The Kier molecular flexibility index (Phi) is 6.67. The maximum Gasteiger partial charge on any atom is 0.0541 e. The zero-order valence-electron chi connectivity index (χ0n) is 27.6. The van der Waals surface area contributed by atoms with Gasteiger partial charge in [-0.25, -0.2) is 0 Å². The summed E-state index contributed by atoms with van der Waals surface area (Å²) in [5.41, 5.74) is 13.7. The molecule has 1 aliphatic carbocycles. The summed E-state index contributed by atoms with van der Waals surface area (Å²) in [6, 6.07) is 62.0. The molecule has 1 aliphatic rings.